The third-order valence-corrected chi connectivity index (χ3v) is 8.89. The molecule has 0 aliphatic rings. The second kappa shape index (κ2) is 9.51. The normalized spacial score (nSPS) is 12.0. The van der Waals surface area contributed by atoms with Crippen LogP contribution in [0.2, 0.25) is 5.02 Å². The SMILES string of the molecule is Clc1cc(-c2nc(-c3cccc4oc5ccccc5c34)nc(-c3cccc4oc5ccccc5c34)n2)cc2c1oc1ccccc12. The van der Waals surface area contributed by atoms with Gasteiger partial charge < -0.3 is 13.3 Å². The minimum atomic E-state index is 0.484. The number of furan rings is 3. The van der Waals surface area contributed by atoms with E-state index in [0.717, 1.165) is 76.9 Å². The van der Waals surface area contributed by atoms with Crippen LogP contribution in [0.1, 0.15) is 0 Å². The fourth-order valence-corrected chi connectivity index (χ4v) is 6.84. The van der Waals surface area contributed by atoms with Gasteiger partial charge in [-0.05, 0) is 42.5 Å². The van der Waals surface area contributed by atoms with Crippen molar-refractivity contribution < 1.29 is 13.3 Å². The van der Waals surface area contributed by atoms with Gasteiger partial charge in [0.15, 0.2) is 23.1 Å². The molecule has 10 rings (SSSR count). The summed E-state index contributed by atoms with van der Waals surface area (Å²) in [4.78, 5) is 15.3. The predicted octanol–water partition coefficient (Wildman–Crippen LogP) is 11.2. The summed E-state index contributed by atoms with van der Waals surface area (Å²) in [6.07, 6.45) is 0. The molecule has 4 heterocycles. The van der Waals surface area contributed by atoms with Crippen molar-refractivity contribution in [1.82, 2.24) is 15.0 Å². The first-order chi connectivity index (χ1) is 22.7. The highest BCUT2D eigenvalue weighted by molar-refractivity contribution is 6.36. The maximum absolute atomic E-state index is 6.87. The Morgan fingerprint density at radius 1 is 0.413 bits per heavy atom. The number of rotatable bonds is 3. The third kappa shape index (κ3) is 3.68. The lowest BCUT2D eigenvalue weighted by molar-refractivity contribution is 0.668. The van der Waals surface area contributed by atoms with Gasteiger partial charge >= 0.3 is 0 Å². The van der Waals surface area contributed by atoms with Crippen molar-refractivity contribution in [3.63, 3.8) is 0 Å². The molecule has 6 aromatic carbocycles. The number of hydrogen-bond donors (Lipinski definition) is 0. The van der Waals surface area contributed by atoms with E-state index in [1.165, 1.54) is 0 Å². The van der Waals surface area contributed by atoms with Gasteiger partial charge in [0.25, 0.3) is 0 Å². The number of fused-ring (bicyclic) bond motifs is 9. The Balaban J connectivity index is 1.30. The largest absolute Gasteiger partial charge is 0.456 e. The highest BCUT2D eigenvalue weighted by Gasteiger charge is 2.21. The zero-order chi connectivity index (χ0) is 30.4. The number of aromatic nitrogens is 3. The van der Waals surface area contributed by atoms with Gasteiger partial charge in [-0.15, -0.1) is 0 Å². The van der Waals surface area contributed by atoms with Crippen LogP contribution in [0, 0.1) is 0 Å². The van der Waals surface area contributed by atoms with Crippen LogP contribution in [0.4, 0.5) is 0 Å². The van der Waals surface area contributed by atoms with Gasteiger partial charge in [-0.3, -0.25) is 0 Å². The summed E-state index contributed by atoms with van der Waals surface area (Å²) in [6, 6.07) is 39.8. The number of para-hydroxylation sites is 3. The van der Waals surface area contributed by atoms with Crippen molar-refractivity contribution in [3.05, 3.63) is 126 Å². The Kier molecular flexibility index (Phi) is 5.24. The summed E-state index contributed by atoms with van der Waals surface area (Å²) >= 11 is 6.87. The summed E-state index contributed by atoms with van der Waals surface area (Å²) in [5, 5.41) is 6.23. The van der Waals surface area contributed by atoms with Crippen LogP contribution in [-0.4, -0.2) is 15.0 Å². The van der Waals surface area contributed by atoms with Crippen LogP contribution in [0.25, 0.3) is 100.0 Å². The third-order valence-electron chi connectivity index (χ3n) is 8.61. The van der Waals surface area contributed by atoms with Crippen molar-refractivity contribution in [2.45, 2.75) is 0 Å². The molecule has 0 aliphatic heterocycles. The molecule has 4 aromatic heterocycles. The molecule has 0 atom stereocenters. The second-order valence-corrected chi connectivity index (χ2v) is 11.7. The number of benzene rings is 6. The van der Waals surface area contributed by atoms with E-state index in [4.69, 9.17) is 39.8 Å². The fraction of sp³-hybridized carbons (Fsp3) is 0. The van der Waals surface area contributed by atoms with Crippen LogP contribution in [0.15, 0.2) is 135 Å². The van der Waals surface area contributed by atoms with Crippen LogP contribution < -0.4 is 0 Å². The van der Waals surface area contributed by atoms with E-state index in [0.29, 0.717) is 28.1 Å². The molecule has 0 saturated heterocycles. The first kappa shape index (κ1) is 25.4. The van der Waals surface area contributed by atoms with Gasteiger partial charge in [-0.2, -0.15) is 0 Å². The van der Waals surface area contributed by atoms with E-state index in [1.807, 2.05) is 109 Å². The molecule has 0 N–H and O–H groups in total. The maximum atomic E-state index is 6.87. The lowest BCUT2D eigenvalue weighted by atomic mass is 10.0. The summed E-state index contributed by atoms with van der Waals surface area (Å²) in [6.45, 7) is 0. The van der Waals surface area contributed by atoms with E-state index in [1.54, 1.807) is 0 Å². The molecule has 46 heavy (non-hydrogen) atoms. The highest BCUT2D eigenvalue weighted by atomic mass is 35.5. The lowest BCUT2D eigenvalue weighted by Crippen LogP contribution is -2.01. The standard InChI is InChI=1S/C39H20ClN3O3/c40-28-20-21(19-27-22-9-1-4-14-29(22)46-36(27)28)37-41-38(25-12-7-17-32-34(25)23-10-2-5-15-30(23)44-32)43-39(42-37)26-13-8-18-33-35(26)24-11-3-6-16-31(24)45-33/h1-20H. The Bertz CT molecular complexity index is 2710. The molecule has 0 saturated carbocycles. The van der Waals surface area contributed by atoms with E-state index in [2.05, 4.69) is 12.1 Å². The molecule has 7 heteroatoms. The topological polar surface area (TPSA) is 78.1 Å². The molecule has 0 bridgehead atoms. The molecule has 0 unspecified atom stereocenters. The highest BCUT2D eigenvalue weighted by Crippen LogP contribution is 2.41. The minimum Gasteiger partial charge on any atom is -0.456 e. The smallest absolute Gasteiger partial charge is 0.164 e. The Morgan fingerprint density at radius 3 is 1.48 bits per heavy atom. The molecule has 216 valence electrons. The number of nitrogens with zero attached hydrogens (tertiary/aromatic N) is 3. The van der Waals surface area contributed by atoms with E-state index >= 15 is 0 Å². The molecule has 0 aliphatic carbocycles. The van der Waals surface area contributed by atoms with Crippen molar-refractivity contribution >= 4 is 77.4 Å². The van der Waals surface area contributed by atoms with Crippen molar-refractivity contribution in [1.29, 1.82) is 0 Å². The number of hydrogen-bond acceptors (Lipinski definition) is 6. The van der Waals surface area contributed by atoms with E-state index < -0.39 is 0 Å². The molecule has 0 radical (unpaired) electrons. The summed E-state index contributed by atoms with van der Waals surface area (Å²) in [5.41, 5.74) is 6.98. The quantitative estimate of drug-likeness (QED) is 0.197. The molecule has 0 fully saturated rings. The lowest BCUT2D eigenvalue weighted by Gasteiger charge is -2.10. The Labute approximate surface area is 265 Å². The van der Waals surface area contributed by atoms with Gasteiger partial charge in [0.05, 0.1) is 5.02 Å². The van der Waals surface area contributed by atoms with Gasteiger partial charge in [0, 0.05) is 49.0 Å². The Morgan fingerprint density at radius 2 is 0.891 bits per heavy atom. The van der Waals surface area contributed by atoms with Gasteiger partial charge in [-0.1, -0.05) is 90.5 Å². The van der Waals surface area contributed by atoms with Crippen LogP contribution in [-0.2, 0) is 0 Å². The molecular formula is C39H20ClN3O3. The minimum absolute atomic E-state index is 0.484. The van der Waals surface area contributed by atoms with Crippen LogP contribution >= 0.6 is 11.6 Å². The van der Waals surface area contributed by atoms with Crippen molar-refractivity contribution in [2.24, 2.45) is 0 Å². The predicted molar refractivity (Wildman–Crippen MR) is 183 cm³/mol. The monoisotopic (exact) mass is 613 g/mol. The van der Waals surface area contributed by atoms with Gasteiger partial charge in [0.1, 0.15) is 27.9 Å². The molecule has 10 aromatic rings. The molecule has 6 nitrogen and oxygen atoms in total. The van der Waals surface area contributed by atoms with E-state index in [-0.39, 0.29) is 0 Å². The average Bonchev–Trinajstić information content (AvgIpc) is 3.79. The average molecular weight is 614 g/mol. The zero-order valence-electron chi connectivity index (χ0n) is 24.0. The summed E-state index contributed by atoms with van der Waals surface area (Å²) in [5.74, 6) is 1.54. The molecule has 0 amide bonds. The molecular weight excluding hydrogens is 594 g/mol. The van der Waals surface area contributed by atoms with Crippen molar-refractivity contribution in [2.75, 3.05) is 0 Å². The fourth-order valence-electron chi connectivity index (χ4n) is 6.58. The van der Waals surface area contributed by atoms with E-state index in [9.17, 15) is 0 Å². The summed E-state index contributed by atoms with van der Waals surface area (Å²) < 4.78 is 18.6. The number of halogens is 1. The first-order valence-corrected chi connectivity index (χ1v) is 15.3. The van der Waals surface area contributed by atoms with Gasteiger partial charge in [-0.25, -0.2) is 15.0 Å². The maximum Gasteiger partial charge on any atom is 0.164 e. The Hall–Kier alpha value is -5.98. The van der Waals surface area contributed by atoms with Crippen LogP contribution in [0.5, 0.6) is 0 Å². The second-order valence-electron chi connectivity index (χ2n) is 11.3. The molecule has 0 spiro atoms. The summed E-state index contributed by atoms with van der Waals surface area (Å²) in [7, 11) is 0. The van der Waals surface area contributed by atoms with Gasteiger partial charge in [0.2, 0.25) is 0 Å². The van der Waals surface area contributed by atoms with Crippen molar-refractivity contribution in [3.8, 4) is 34.2 Å². The zero-order valence-corrected chi connectivity index (χ0v) is 24.7. The first-order valence-electron chi connectivity index (χ1n) is 14.9. The van der Waals surface area contributed by atoms with Crippen LogP contribution in [0.3, 0.4) is 0 Å².